The van der Waals surface area contributed by atoms with Gasteiger partial charge in [-0.25, -0.2) is 0 Å². The molecular weight excluding hydrogens is 333 g/mol. The normalized spacial score (nSPS) is 10.0. The average molecular weight is 349 g/mol. The molecule has 1 amide bonds. The Balaban J connectivity index is 2.19. The summed E-state index contributed by atoms with van der Waals surface area (Å²) in [6, 6.07) is 7.59. The zero-order valence-corrected chi connectivity index (χ0v) is 11.9. The number of methoxy groups -OCH3 is 1. The highest BCUT2D eigenvalue weighted by Crippen LogP contribution is 2.14. The third kappa shape index (κ3) is 6.48. The summed E-state index contributed by atoms with van der Waals surface area (Å²) in [5.74, 6) is 0.601. The molecule has 94 valence electrons. The van der Waals surface area contributed by atoms with Crippen LogP contribution in [0.1, 0.15) is 6.42 Å². The fourth-order valence-corrected chi connectivity index (χ4v) is 1.72. The van der Waals surface area contributed by atoms with E-state index in [1.165, 1.54) is 0 Å². The van der Waals surface area contributed by atoms with Crippen LogP contribution in [-0.2, 0) is 9.53 Å². The Labute approximate surface area is 115 Å². The van der Waals surface area contributed by atoms with E-state index in [1.54, 1.807) is 7.11 Å². The van der Waals surface area contributed by atoms with E-state index in [1.807, 2.05) is 24.3 Å². The Kier molecular flexibility index (Phi) is 6.95. The maximum atomic E-state index is 11.4. The Morgan fingerprint density at radius 3 is 3.00 bits per heavy atom. The van der Waals surface area contributed by atoms with Crippen LogP contribution in [-0.4, -0.2) is 32.8 Å². The smallest absolute Gasteiger partial charge is 0.257 e. The fourth-order valence-electron chi connectivity index (χ4n) is 1.20. The third-order valence-electron chi connectivity index (χ3n) is 2.01. The summed E-state index contributed by atoms with van der Waals surface area (Å²) in [7, 11) is 1.64. The number of carbonyl (C=O) groups is 1. The van der Waals surface area contributed by atoms with Crippen LogP contribution >= 0.6 is 22.6 Å². The van der Waals surface area contributed by atoms with Crippen molar-refractivity contribution in [1.82, 2.24) is 5.32 Å². The van der Waals surface area contributed by atoms with Crippen LogP contribution in [0, 0.1) is 3.57 Å². The van der Waals surface area contributed by atoms with Gasteiger partial charge in [-0.2, -0.15) is 0 Å². The van der Waals surface area contributed by atoms with E-state index < -0.39 is 0 Å². The predicted molar refractivity (Wildman–Crippen MR) is 74.2 cm³/mol. The van der Waals surface area contributed by atoms with Gasteiger partial charge in [0.15, 0.2) is 6.61 Å². The largest absolute Gasteiger partial charge is 0.484 e. The highest BCUT2D eigenvalue weighted by Gasteiger charge is 2.02. The minimum absolute atomic E-state index is 0.0487. The van der Waals surface area contributed by atoms with Gasteiger partial charge in [0.2, 0.25) is 0 Å². The highest BCUT2D eigenvalue weighted by atomic mass is 127. The van der Waals surface area contributed by atoms with E-state index in [0.29, 0.717) is 18.9 Å². The molecule has 0 saturated heterocycles. The van der Waals surface area contributed by atoms with Gasteiger partial charge in [0.1, 0.15) is 5.75 Å². The van der Waals surface area contributed by atoms with Crippen molar-refractivity contribution in [3.63, 3.8) is 0 Å². The lowest BCUT2D eigenvalue weighted by atomic mass is 10.3. The molecule has 4 nitrogen and oxygen atoms in total. The van der Waals surface area contributed by atoms with Gasteiger partial charge in [-0.1, -0.05) is 6.07 Å². The van der Waals surface area contributed by atoms with E-state index >= 15 is 0 Å². The molecular formula is C12H16INO3. The first kappa shape index (κ1) is 14.2. The van der Waals surface area contributed by atoms with E-state index in [-0.39, 0.29) is 12.5 Å². The average Bonchev–Trinajstić information content (AvgIpc) is 2.32. The first-order valence-electron chi connectivity index (χ1n) is 5.36. The van der Waals surface area contributed by atoms with Crippen molar-refractivity contribution in [2.24, 2.45) is 0 Å². The standard InChI is InChI=1S/C12H16INO3/c1-16-7-3-6-14-12(15)9-17-11-5-2-4-10(13)8-11/h2,4-5,8H,3,6-7,9H2,1H3,(H,14,15). The summed E-state index contributed by atoms with van der Waals surface area (Å²) in [6.45, 7) is 1.31. The molecule has 0 unspecified atom stereocenters. The molecule has 17 heavy (non-hydrogen) atoms. The van der Waals surface area contributed by atoms with Gasteiger partial charge < -0.3 is 14.8 Å². The SMILES string of the molecule is COCCCNC(=O)COc1cccc(I)c1. The lowest BCUT2D eigenvalue weighted by Gasteiger charge is -2.07. The van der Waals surface area contributed by atoms with Gasteiger partial charge in [-0.3, -0.25) is 4.79 Å². The van der Waals surface area contributed by atoms with Crippen molar-refractivity contribution >= 4 is 28.5 Å². The van der Waals surface area contributed by atoms with E-state index in [9.17, 15) is 4.79 Å². The molecule has 1 aromatic rings. The summed E-state index contributed by atoms with van der Waals surface area (Å²) in [6.07, 6.45) is 0.811. The molecule has 1 N–H and O–H groups in total. The van der Waals surface area contributed by atoms with Crippen LogP contribution in [0.4, 0.5) is 0 Å². The minimum atomic E-state index is -0.111. The van der Waals surface area contributed by atoms with Crippen LogP contribution in [0.3, 0.4) is 0 Å². The molecule has 0 radical (unpaired) electrons. The zero-order valence-electron chi connectivity index (χ0n) is 9.74. The van der Waals surface area contributed by atoms with Crippen molar-refractivity contribution in [1.29, 1.82) is 0 Å². The predicted octanol–water partition coefficient (Wildman–Crippen LogP) is 1.82. The van der Waals surface area contributed by atoms with Crippen LogP contribution in [0.25, 0.3) is 0 Å². The molecule has 1 aromatic carbocycles. The quantitative estimate of drug-likeness (QED) is 0.604. The Bertz CT molecular complexity index is 357. The molecule has 0 saturated carbocycles. The molecule has 0 heterocycles. The Morgan fingerprint density at radius 1 is 1.47 bits per heavy atom. The second kappa shape index (κ2) is 8.30. The van der Waals surface area contributed by atoms with Gasteiger partial charge in [0.25, 0.3) is 5.91 Å². The van der Waals surface area contributed by atoms with Crippen LogP contribution < -0.4 is 10.1 Å². The van der Waals surface area contributed by atoms with Crippen molar-refractivity contribution in [3.8, 4) is 5.75 Å². The molecule has 1 rings (SSSR count). The number of ether oxygens (including phenoxy) is 2. The lowest BCUT2D eigenvalue weighted by molar-refractivity contribution is -0.123. The number of halogens is 1. The van der Waals surface area contributed by atoms with Crippen molar-refractivity contribution < 1.29 is 14.3 Å². The second-order valence-corrected chi connectivity index (χ2v) is 4.69. The monoisotopic (exact) mass is 349 g/mol. The molecule has 0 atom stereocenters. The fraction of sp³-hybridized carbons (Fsp3) is 0.417. The molecule has 0 aliphatic carbocycles. The van der Waals surface area contributed by atoms with Gasteiger partial charge in [-0.05, 0) is 47.2 Å². The number of nitrogens with one attached hydrogen (secondary N) is 1. The number of amides is 1. The van der Waals surface area contributed by atoms with Gasteiger partial charge in [-0.15, -0.1) is 0 Å². The van der Waals surface area contributed by atoms with Crippen LogP contribution in [0.5, 0.6) is 5.75 Å². The molecule has 0 fully saturated rings. The zero-order chi connectivity index (χ0) is 12.5. The van der Waals surface area contributed by atoms with E-state index in [4.69, 9.17) is 9.47 Å². The van der Waals surface area contributed by atoms with Crippen LogP contribution in [0.15, 0.2) is 24.3 Å². The summed E-state index contributed by atoms with van der Waals surface area (Å²) in [5.41, 5.74) is 0. The summed E-state index contributed by atoms with van der Waals surface area (Å²) >= 11 is 2.20. The first-order chi connectivity index (χ1) is 8.22. The molecule has 0 spiro atoms. The molecule has 0 aliphatic heterocycles. The number of hydrogen-bond donors (Lipinski definition) is 1. The minimum Gasteiger partial charge on any atom is -0.484 e. The first-order valence-corrected chi connectivity index (χ1v) is 6.44. The maximum Gasteiger partial charge on any atom is 0.257 e. The summed E-state index contributed by atoms with van der Waals surface area (Å²) in [5, 5.41) is 2.76. The third-order valence-corrected chi connectivity index (χ3v) is 2.68. The number of benzene rings is 1. The number of carbonyl (C=O) groups excluding carboxylic acids is 1. The van der Waals surface area contributed by atoms with E-state index in [2.05, 4.69) is 27.9 Å². The summed E-state index contributed by atoms with van der Waals surface area (Å²) in [4.78, 5) is 11.4. The van der Waals surface area contributed by atoms with Crippen molar-refractivity contribution in [2.75, 3.05) is 26.9 Å². The number of rotatable bonds is 7. The van der Waals surface area contributed by atoms with Crippen LogP contribution in [0.2, 0.25) is 0 Å². The lowest BCUT2D eigenvalue weighted by Crippen LogP contribution is -2.30. The van der Waals surface area contributed by atoms with Gasteiger partial charge >= 0.3 is 0 Å². The van der Waals surface area contributed by atoms with Gasteiger partial charge in [0.05, 0.1) is 0 Å². The van der Waals surface area contributed by atoms with Crippen molar-refractivity contribution in [2.45, 2.75) is 6.42 Å². The second-order valence-electron chi connectivity index (χ2n) is 3.44. The Morgan fingerprint density at radius 2 is 2.29 bits per heavy atom. The maximum absolute atomic E-state index is 11.4. The highest BCUT2D eigenvalue weighted by molar-refractivity contribution is 14.1. The molecule has 5 heteroatoms. The summed E-state index contributed by atoms with van der Waals surface area (Å²) < 4.78 is 11.3. The molecule has 0 aliphatic rings. The number of hydrogen-bond acceptors (Lipinski definition) is 3. The van der Waals surface area contributed by atoms with E-state index in [0.717, 1.165) is 9.99 Å². The van der Waals surface area contributed by atoms with Gasteiger partial charge in [0, 0.05) is 23.8 Å². The topological polar surface area (TPSA) is 47.6 Å². The Hall–Kier alpha value is -0.820. The molecule has 0 bridgehead atoms. The van der Waals surface area contributed by atoms with Crippen molar-refractivity contribution in [3.05, 3.63) is 27.8 Å². The molecule has 0 aromatic heterocycles.